The van der Waals surface area contributed by atoms with Crippen molar-refractivity contribution in [3.8, 4) is 0 Å². The van der Waals surface area contributed by atoms with Crippen molar-refractivity contribution < 1.29 is 111 Å². The minimum atomic E-state index is -1.08. The van der Waals surface area contributed by atoms with E-state index in [-0.39, 0.29) is 41.2 Å². The quantitative estimate of drug-likeness (QED) is 0.248. The van der Waals surface area contributed by atoms with Crippen molar-refractivity contribution in [3.05, 3.63) is 0 Å². The molecule has 0 aliphatic rings. The average molecular weight is 562 g/mol. The summed E-state index contributed by atoms with van der Waals surface area (Å²) in [6, 6.07) is 0. The first-order chi connectivity index (χ1) is 12.1. The van der Waals surface area contributed by atoms with Gasteiger partial charge in [0.15, 0.2) is 0 Å². The zero-order valence-electron chi connectivity index (χ0n) is 17.1. The Bertz CT molecular complexity index is 320. The second-order valence-corrected chi connectivity index (χ2v) is 3.44. The number of hydrogen-bond donors (Lipinski definition) is 0. The first kappa shape index (κ1) is 56.5. The van der Waals surface area contributed by atoms with Gasteiger partial charge in [0.25, 0.3) is 0 Å². The van der Waals surface area contributed by atoms with Crippen molar-refractivity contribution in [2.24, 2.45) is 0 Å². The van der Waals surface area contributed by atoms with Gasteiger partial charge in [-0.25, -0.2) is 0 Å². The van der Waals surface area contributed by atoms with Crippen LogP contribution in [0.5, 0.6) is 0 Å². The maximum absolute atomic E-state index is 8.89. The van der Waals surface area contributed by atoms with Crippen molar-refractivity contribution in [2.75, 3.05) is 0 Å². The Hall–Kier alpha value is -2.37. The van der Waals surface area contributed by atoms with E-state index in [1.54, 1.807) is 0 Å². The summed E-state index contributed by atoms with van der Waals surface area (Å²) >= 11 is 0. The Labute approximate surface area is 200 Å². The second-order valence-electron chi connectivity index (χ2n) is 3.44. The molecule has 173 valence electrons. The summed E-state index contributed by atoms with van der Waals surface area (Å²) in [6.45, 7) is 6.81. The van der Waals surface area contributed by atoms with E-state index in [1.165, 1.54) is 0 Å². The number of carboxylic acid groups (broad SMARTS) is 7. The van der Waals surface area contributed by atoms with Crippen molar-refractivity contribution in [1.29, 1.82) is 0 Å². The fourth-order valence-corrected chi connectivity index (χ4v) is 0. The van der Waals surface area contributed by atoms with E-state index < -0.39 is 41.8 Å². The fraction of sp³-hybridized carbons (Fsp3) is 0.500. The largest absolute Gasteiger partial charge is 4.00 e. The standard InChI is InChI=1S/7C2H4O2.Ru.Ti/c7*1-2(3)4;;/h7*1H3,(H,3,4);;/q;;;;;;;+3;+4/p-7. The van der Waals surface area contributed by atoms with Crippen LogP contribution in [0.2, 0.25) is 0 Å². The molecule has 14 nitrogen and oxygen atoms in total. The molecule has 0 fully saturated rings. The van der Waals surface area contributed by atoms with Gasteiger partial charge in [-0.3, -0.25) is 0 Å². The zero-order valence-corrected chi connectivity index (χ0v) is 20.4. The molecule has 0 amide bonds. The minimum Gasteiger partial charge on any atom is -0.550 e. The van der Waals surface area contributed by atoms with Crippen LogP contribution in [0, 0.1) is 0 Å². The molecule has 0 aromatic rings. The van der Waals surface area contributed by atoms with Crippen molar-refractivity contribution in [1.82, 2.24) is 0 Å². The van der Waals surface area contributed by atoms with Crippen LogP contribution in [-0.2, 0) is 74.8 Å². The predicted molar refractivity (Wildman–Crippen MR) is 74.8 cm³/mol. The molecule has 0 N–H and O–H groups in total. The van der Waals surface area contributed by atoms with Gasteiger partial charge < -0.3 is 69.3 Å². The van der Waals surface area contributed by atoms with Crippen LogP contribution >= 0.6 is 0 Å². The molecule has 0 aliphatic heterocycles. The Balaban J connectivity index is -0.0000000242. The topological polar surface area (TPSA) is 281 Å². The van der Waals surface area contributed by atoms with Gasteiger partial charge in [-0.05, 0) is 48.5 Å². The monoisotopic (exact) mass is 563 g/mol. The van der Waals surface area contributed by atoms with Crippen LogP contribution in [0.15, 0.2) is 0 Å². The van der Waals surface area contributed by atoms with E-state index in [2.05, 4.69) is 0 Å². The minimum absolute atomic E-state index is 0. The number of carboxylic acids is 7. The molecule has 0 heterocycles. The smallest absolute Gasteiger partial charge is 0.550 e. The van der Waals surface area contributed by atoms with Crippen LogP contribution in [0.25, 0.3) is 0 Å². The molecule has 1 radical (unpaired) electrons. The number of aliphatic carboxylic acids is 7. The summed E-state index contributed by atoms with van der Waals surface area (Å²) in [5.74, 6) is -7.58. The van der Waals surface area contributed by atoms with Crippen LogP contribution in [0.4, 0.5) is 0 Å². The van der Waals surface area contributed by atoms with Gasteiger partial charge in [0.2, 0.25) is 0 Å². The zero-order chi connectivity index (χ0) is 25.0. The van der Waals surface area contributed by atoms with Gasteiger partial charge in [0, 0.05) is 41.8 Å². The SMILES string of the molecule is CC(=O)[O-].CC(=O)[O-].CC(=O)[O-].CC(=O)[O-].CC(=O)[O-].CC(=O)[O-].CC(=O)[O-].[Ru+3].[Ti+4]. The average Bonchev–Trinajstić information content (AvgIpc) is 2.20. The Morgan fingerprint density at radius 3 is 0.333 bits per heavy atom. The first-order valence-corrected chi connectivity index (χ1v) is 6.36. The van der Waals surface area contributed by atoms with Crippen LogP contribution in [0.1, 0.15) is 48.5 Å². The van der Waals surface area contributed by atoms with E-state index >= 15 is 0 Å². The predicted octanol–water partition coefficient (Wildman–Crippen LogP) is -8.71. The molecule has 0 unspecified atom stereocenters. The molecule has 0 aromatic carbocycles. The Morgan fingerprint density at radius 1 is 0.333 bits per heavy atom. The third kappa shape index (κ3) is 2760. The van der Waals surface area contributed by atoms with E-state index in [0.717, 1.165) is 48.5 Å². The molecule has 0 saturated carbocycles. The number of hydrogen-bond acceptors (Lipinski definition) is 14. The summed E-state index contributed by atoms with van der Waals surface area (Å²) in [5, 5.41) is 62.2. The van der Waals surface area contributed by atoms with Crippen LogP contribution in [-0.4, -0.2) is 41.8 Å². The summed E-state index contributed by atoms with van der Waals surface area (Å²) in [7, 11) is 0. The van der Waals surface area contributed by atoms with E-state index in [1.807, 2.05) is 0 Å². The molecule has 0 saturated heterocycles. The molecule has 0 rings (SSSR count). The molecular formula is C14H21O14RuTi. The van der Waals surface area contributed by atoms with Gasteiger partial charge in [0.1, 0.15) is 0 Å². The van der Waals surface area contributed by atoms with E-state index in [9.17, 15) is 0 Å². The molecule has 0 spiro atoms. The van der Waals surface area contributed by atoms with Gasteiger partial charge in [-0.1, -0.05) is 0 Å². The third-order valence-electron chi connectivity index (χ3n) is 0. The number of rotatable bonds is 0. The fourth-order valence-electron chi connectivity index (χ4n) is 0. The van der Waals surface area contributed by atoms with Crippen LogP contribution in [0.3, 0.4) is 0 Å². The molecule has 0 aliphatic carbocycles. The maximum Gasteiger partial charge on any atom is 4.00 e. The molecule has 0 aromatic heterocycles. The summed E-state index contributed by atoms with van der Waals surface area (Å²) < 4.78 is 0. The first-order valence-electron chi connectivity index (χ1n) is 6.36. The van der Waals surface area contributed by atoms with Gasteiger partial charge in [-0.2, -0.15) is 0 Å². The Morgan fingerprint density at radius 2 is 0.333 bits per heavy atom. The van der Waals surface area contributed by atoms with Crippen molar-refractivity contribution in [3.63, 3.8) is 0 Å². The van der Waals surface area contributed by atoms with Crippen molar-refractivity contribution >= 4 is 41.8 Å². The number of carbonyl (C=O) groups is 7. The van der Waals surface area contributed by atoms with Crippen molar-refractivity contribution in [2.45, 2.75) is 48.5 Å². The Kier molecular flexibility index (Phi) is 94.8. The summed E-state index contributed by atoms with van der Waals surface area (Å²) in [4.78, 5) is 62.2. The molecule has 0 bridgehead atoms. The summed E-state index contributed by atoms with van der Waals surface area (Å²) in [6.07, 6.45) is 0. The van der Waals surface area contributed by atoms with E-state index in [0.29, 0.717) is 0 Å². The van der Waals surface area contributed by atoms with Gasteiger partial charge in [-0.15, -0.1) is 0 Å². The van der Waals surface area contributed by atoms with Crippen LogP contribution < -0.4 is 35.7 Å². The molecular weight excluding hydrogens is 541 g/mol. The molecule has 30 heavy (non-hydrogen) atoms. The summed E-state index contributed by atoms with van der Waals surface area (Å²) in [5.41, 5.74) is 0. The second kappa shape index (κ2) is 50.4. The third-order valence-corrected chi connectivity index (χ3v) is 0. The number of carbonyl (C=O) groups excluding carboxylic acids is 7. The van der Waals surface area contributed by atoms with E-state index in [4.69, 9.17) is 69.3 Å². The normalized spacial score (nSPS) is 5.83. The molecule has 16 heteroatoms. The van der Waals surface area contributed by atoms with Gasteiger partial charge >= 0.3 is 41.2 Å². The van der Waals surface area contributed by atoms with Gasteiger partial charge in [0.05, 0.1) is 0 Å². The molecule has 0 atom stereocenters. The maximum atomic E-state index is 8.89.